The van der Waals surface area contributed by atoms with Crippen LogP contribution in [0.4, 0.5) is 34.1 Å². The van der Waals surface area contributed by atoms with E-state index in [9.17, 15) is 32.7 Å². The van der Waals surface area contributed by atoms with E-state index in [0.717, 1.165) is 12.1 Å². The maximum atomic E-state index is 13.3. The average molecular weight is 594 g/mol. The number of fused-ring (bicyclic) bond motifs is 1. The lowest BCUT2D eigenvalue weighted by atomic mass is 10.0. The lowest BCUT2D eigenvalue weighted by molar-refractivity contribution is -0.137. The number of aliphatic hydroxyl groups is 1. The lowest BCUT2D eigenvalue weighted by Gasteiger charge is -2.34. The number of aliphatic hydroxyl groups excluding tert-OH is 1. The van der Waals surface area contributed by atoms with Gasteiger partial charge in [-0.2, -0.15) is 13.2 Å². The molecule has 230 valence electrons. The fraction of sp³-hybridized carbons (Fsp3) is 0.483. The van der Waals surface area contributed by atoms with Gasteiger partial charge in [-0.3, -0.25) is 4.79 Å². The average Bonchev–Trinajstić information content (AvgIpc) is 2.95. The van der Waals surface area contributed by atoms with E-state index in [-0.39, 0.29) is 49.7 Å². The molecule has 4 N–H and O–H groups in total. The first kappa shape index (κ1) is 32.5. The van der Waals surface area contributed by atoms with Gasteiger partial charge < -0.3 is 35.6 Å². The molecule has 1 aliphatic heterocycles. The van der Waals surface area contributed by atoms with Crippen LogP contribution < -0.4 is 20.7 Å². The molecule has 3 rings (SSSR count). The van der Waals surface area contributed by atoms with Crippen LogP contribution in [0.15, 0.2) is 42.5 Å². The van der Waals surface area contributed by atoms with E-state index in [1.807, 2.05) is 20.8 Å². The molecule has 13 heteroatoms. The third-order valence-electron chi connectivity index (χ3n) is 6.86. The number of urea groups is 2. The van der Waals surface area contributed by atoms with E-state index in [0.29, 0.717) is 17.0 Å². The monoisotopic (exact) mass is 593 g/mol. The number of halogens is 3. The molecule has 42 heavy (non-hydrogen) atoms. The van der Waals surface area contributed by atoms with Crippen LogP contribution in [-0.2, 0) is 17.4 Å². The Morgan fingerprint density at radius 2 is 1.74 bits per heavy atom. The number of nitrogens with one attached hydrogen (secondary N) is 3. The largest absolute Gasteiger partial charge is 0.488 e. The summed E-state index contributed by atoms with van der Waals surface area (Å²) in [6.45, 7) is 7.34. The summed E-state index contributed by atoms with van der Waals surface area (Å²) in [7, 11) is 1.53. The van der Waals surface area contributed by atoms with E-state index < -0.39 is 35.9 Å². The van der Waals surface area contributed by atoms with Crippen molar-refractivity contribution in [2.24, 2.45) is 5.92 Å². The van der Waals surface area contributed by atoms with E-state index >= 15 is 0 Å². The molecule has 2 aromatic rings. The number of benzene rings is 2. The standard InChI is InChI=1S/C29H38F3N5O5/c1-17(2)33-27(40)34-23-10-11-24-20(12-23)13-26(39)37(19(4)16-38)14-18(3)25(42-24)15-36(5)28(41)35-22-8-6-21(7-9-22)29(30,31)32/h6-12,17-19,25,38H,13-16H2,1-5H3,(H,35,41)(H2,33,34,40)/t18-,19+,25-/m0/s1. The topological polar surface area (TPSA) is 123 Å². The van der Waals surface area contributed by atoms with Gasteiger partial charge >= 0.3 is 18.2 Å². The zero-order chi connectivity index (χ0) is 31.2. The third-order valence-corrected chi connectivity index (χ3v) is 6.86. The molecule has 0 unspecified atom stereocenters. The summed E-state index contributed by atoms with van der Waals surface area (Å²) in [6, 6.07) is 7.59. The Hall–Kier alpha value is -4.00. The van der Waals surface area contributed by atoms with Crippen molar-refractivity contribution in [3.8, 4) is 5.75 Å². The molecule has 3 atom stereocenters. The van der Waals surface area contributed by atoms with Gasteiger partial charge in [0.2, 0.25) is 5.91 Å². The summed E-state index contributed by atoms with van der Waals surface area (Å²) >= 11 is 0. The molecule has 1 heterocycles. The number of carbonyl (C=O) groups excluding carboxylic acids is 3. The first-order valence-electron chi connectivity index (χ1n) is 13.6. The Labute approximate surface area is 243 Å². The molecule has 0 saturated carbocycles. The van der Waals surface area contributed by atoms with Gasteiger partial charge in [0, 0.05) is 42.5 Å². The summed E-state index contributed by atoms with van der Waals surface area (Å²) in [4.78, 5) is 41.4. The number of ether oxygens (including phenoxy) is 1. The third kappa shape index (κ3) is 8.75. The van der Waals surface area contributed by atoms with Crippen LogP contribution in [0.5, 0.6) is 5.75 Å². The highest BCUT2D eigenvalue weighted by Gasteiger charge is 2.32. The SMILES string of the molecule is CC(C)NC(=O)Nc1ccc2c(c1)CC(=O)N([C@H](C)CO)C[C@H](C)[C@H](CN(C)C(=O)Nc1ccc(C(F)(F)F)cc1)O2. The van der Waals surface area contributed by atoms with Gasteiger partial charge in [0.1, 0.15) is 11.9 Å². The first-order chi connectivity index (χ1) is 19.7. The number of hydrogen-bond donors (Lipinski definition) is 4. The van der Waals surface area contributed by atoms with E-state index in [1.165, 1.54) is 24.1 Å². The van der Waals surface area contributed by atoms with Crippen LogP contribution in [0.3, 0.4) is 0 Å². The van der Waals surface area contributed by atoms with Crippen LogP contribution in [0, 0.1) is 5.92 Å². The molecule has 5 amide bonds. The number of nitrogens with zero attached hydrogens (tertiary/aromatic N) is 2. The molecule has 0 aliphatic carbocycles. The Bertz CT molecular complexity index is 1260. The number of likely N-dealkylation sites (N-methyl/N-ethyl adjacent to an activating group) is 1. The van der Waals surface area contributed by atoms with Gasteiger partial charge in [0.05, 0.1) is 31.2 Å². The number of hydrogen-bond acceptors (Lipinski definition) is 5. The molecule has 1 aliphatic rings. The first-order valence-corrected chi connectivity index (χ1v) is 13.6. The molecule has 0 radical (unpaired) electrons. The fourth-order valence-corrected chi connectivity index (χ4v) is 4.47. The number of anilines is 2. The quantitative estimate of drug-likeness (QED) is 0.375. The molecule has 0 saturated heterocycles. The van der Waals surface area contributed by atoms with Gasteiger partial charge in [0.25, 0.3) is 0 Å². The number of rotatable bonds is 7. The second-order valence-corrected chi connectivity index (χ2v) is 10.8. The van der Waals surface area contributed by atoms with Crippen LogP contribution in [0.1, 0.15) is 38.8 Å². The minimum absolute atomic E-state index is 0.0370. The Kier molecular flexibility index (Phi) is 10.7. The second kappa shape index (κ2) is 13.8. The number of amides is 5. The van der Waals surface area contributed by atoms with E-state index in [4.69, 9.17) is 4.74 Å². The van der Waals surface area contributed by atoms with Crippen molar-refractivity contribution in [3.63, 3.8) is 0 Å². The molecule has 0 aromatic heterocycles. The molecule has 0 bridgehead atoms. The maximum Gasteiger partial charge on any atom is 0.416 e. The van der Waals surface area contributed by atoms with Crippen molar-refractivity contribution in [2.75, 3.05) is 37.4 Å². The minimum atomic E-state index is -4.49. The predicted molar refractivity (Wildman–Crippen MR) is 152 cm³/mol. The zero-order valence-corrected chi connectivity index (χ0v) is 24.3. The van der Waals surface area contributed by atoms with Crippen molar-refractivity contribution in [3.05, 3.63) is 53.6 Å². The van der Waals surface area contributed by atoms with Crippen molar-refractivity contribution in [1.82, 2.24) is 15.1 Å². The summed E-state index contributed by atoms with van der Waals surface area (Å²) in [6.07, 6.45) is -5.13. The van der Waals surface area contributed by atoms with E-state index in [1.54, 1.807) is 30.0 Å². The molecular weight excluding hydrogens is 555 g/mol. The normalized spacial score (nSPS) is 18.1. The summed E-state index contributed by atoms with van der Waals surface area (Å²) < 4.78 is 45.0. The Balaban J connectivity index is 1.83. The minimum Gasteiger partial charge on any atom is -0.488 e. The van der Waals surface area contributed by atoms with Crippen LogP contribution in [0.25, 0.3) is 0 Å². The van der Waals surface area contributed by atoms with Crippen molar-refractivity contribution < 1.29 is 37.4 Å². The van der Waals surface area contributed by atoms with Crippen molar-refractivity contribution in [2.45, 2.75) is 58.5 Å². The Morgan fingerprint density at radius 3 is 2.33 bits per heavy atom. The van der Waals surface area contributed by atoms with Crippen molar-refractivity contribution in [1.29, 1.82) is 0 Å². The smallest absolute Gasteiger partial charge is 0.416 e. The predicted octanol–water partition coefficient (Wildman–Crippen LogP) is 4.55. The van der Waals surface area contributed by atoms with Gasteiger partial charge in [-0.15, -0.1) is 0 Å². The van der Waals surface area contributed by atoms with E-state index in [2.05, 4.69) is 16.0 Å². The number of carbonyl (C=O) groups is 3. The lowest BCUT2D eigenvalue weighted by Crippen LogP contribution is -2.48. The molecule has 0 fully saturated rings. The van der Waals surface area contributed by atoms with Crippen LogP contribution >= 0.6 is 0 Å². The maximum absolute atomic E-state index is 13.3. The van der Waals surface area contributed by atoms with Gasteiger partial charge in [-0.1, -0.05) is 6.92 Å². The second-order valence-electron chi connectivity index (χ2n) is 10.8. The van der Waals surface area contributed by atoms with Crippen molar-refractivity contribution >= 4 is 29.3 Å². The highest BCUT2D eigenvalue weighted by molar-refractivity contribution is 5.90. The van der Waals surface area contributed by atoms with Gasteiger partial charge in [0.15, 0.2) is 0 Å². The Morgan fingerprint density at radius 1 is 1.10 bits per heavy atom. The summed E-state index contributed by atoms with van der Waals surface area (Å²) in [5.74, 6) is -0.110. The highest BCUT2D eigenvalue weighted by Crippen LogP contribution is 2.31. The molecule has 0 spiro atoms. The van der Waals surface area contributed by atoms with Crippen LogP contribution in [0.2, 0.25) is 0 Å². The van der Waals surface area contributed by atoms with Gasteiger partial charge in [-0.05, 0) is 63.2 Å². The summed E-state index contributed by atoms with van der Waals surface area (Å²) in [5.41, 5.74) is 0.356. The highest BCUT2D eigenvalue weighted by atomic mass is 19.4. The van der Waals surface area contributed by atoms with Crippen LogP contribution in [-0.4, -0.2) is 77.8 Å². The molecular formula is C29H38F3N5O5. The zero-order valence-electron chi connectivity index (χ0n) is 24.3. The summed E-state index contributed by atoms with van der Waals surface area (Å²) in [5, 5.41) is 17.9. The molecule has 2 aromatic carbocycles. The fourth-order valence-electron chi connectivity index (χ4n) is 4.47. The molecule has 10 nitrogen and oxygen atoms in total. The number of alkyl halides is 3. The van der Waals surface area contributed by atoms with Gasteiger partial charge in [-0.25, -0.2) is 9.59 Å².